The van der Waals surface area contributed by atoms with Crippen LogP contribution in [0.5, 0.6) is 5.75 Å². The average Bonchev–Trinajstić information content (AvgIpc) is 2.37. The van der Waals surface area contributed by atoms with E-state index in [-0.39, 0.29) is 0 Å². The van der Waals surface area contributed by atoms with Gasteiger partial charge in [-0.15, -0.1) is 0 Å². The van der Waals surface area contributed by atoms with Crippen molar-refractivity contribution >= 4 is 11.6 Å². The van der Waals surface area contributed by atoms with Crippen molar-refractivity contribution in [1.29, 1.82) is 0 Å². The lowest BCUT2D eigenvalue weighted by atomic mass is 10.1. The molecule has 4 heteroatoms. The second-order valence-electron chi connectivity index (χ2n) is 3.95. The van der Waals surface area contributed by atoms with Crippen molar-refractivity contribution in [3.05, 3.63) is 40.9 Å². The van der Waals surface area contributed by atoms with Crippen LogP contribution in [0.1, 0.15) is 11.1 Å². The molecule has 0 amide bonds. The van der Waals surface area contributed by atoms with Gasteiger partial charge in [0.15, 0.2) is 0 Å². The summed E-state index contributed by atoms with van der Waals surface area (Å²) in [5.41, 5.74) is 3.83. The molecule has 0 unspecified atom stereocenters. The average molecular weight is 270 g/mol. The molecule has 0 aliphatic rings. The van der Waals surface area contributed by atoms with E-state index in [0.29, 0.717) is 13.2 Å². The summed E-state index contributed by atoms with van der Waals surface area (Å²) in [6, 6.07) is 6.16. The van der Waals surface area contributed by atoms with E-state index in [2.05, 4.69) is 18.3 Å². The third-order valence-corrected chi connectivity index (χ3v) is 2.62. The fourth-order valence-corrected chi connectivity index (χ4v) is 1.63. The van der Waals surface area contributed by atoms with Gasteiger partial charge in [-0.05, 0) is 19.1 Å². The number of aryl methyl sites for hydroxylation is 1. The highest BCUT2D eigenvalue weighted by molar-refractivity contribution is 6.25. The molecule has 1 aromatic carbocycles. The van der Waals surface area contributed by atoms with E-state index < -0.39 is 0 Å². The van der Waals surface area contributed by atoms with Gasteiger partial charge in [-0.1, -0.05) is 29.3 Å². The molecular weight excluding hydrogens is 250 g/mol. The molecule has 3 nitrogen and oxygen atoms in total. The SMILES string of the molecule is COCCNCc1cc(C)ccc1OCC=CCl. The standard InChI is InChI=1S/C14H20ClNO2/c1-12-4-5-14(18-8-3-6-15)13(10-12)11-16-7-9-17-2/h3-6,10,16H,7-9,11H2,1-2H3. The van der Waals surface area contributed by atoms with Crippen LogP contribution < -0.4 is 10.1 Å². The molecule has 0 heterocycles. The van der Waals surface area contributed by atoms with E-state index in [1.807, 2.05) is 12.1 Å². The number of hydrogen-bond acceptors (Lipinski definition) is 3. The van der Waals surface area contributed by atoms with Crippen LogP contribution in [0.25, 0.3) is 0 Å². The van der Waals surface area contributed by atoms with Crippen molar-refractivity contribution in [2.45, 2.75) is 13.5 Å². The minimum atomic E-state index is 0.484. The summed E-state index contributed by atoms with van der Waals surface area (Å²) in [6.45, 7) is 4.85. The lowest BCUT2D eigenvalue weighted by molar-refractivity contribution is 0.199. The Bertz CT molecular complexity index is 380. The molecule has 1 N–H and O–H groups in total. The Morgan fingerprint density at radius 2 is 2.22 bits per heavy atom. The van der Waals surface area contributed by atoms with Crippen molar-refractivity contribution in [1.82, 2.24) is 5.32 Å². The highest BCUT2D eigenvalue weighted by atomic mass is 35.5. The maximum absolute atomic E-state index is 5.65. The maximum Gasteiger partial charge on any atom is 0.124 e. The molecule has 0 saturated heterocycles. The molecule has 0 fully saturated rings. The molecule has 18 heavy (non-hydrogen) atoms. The molecule has 0 radical (unpaired) electrons. The van der Waals surface area contributed by atoms with E-state index in [1.165, 1.54) is 11.1 Å². The number of hydrogen-bond donors (Lipinski definition) is 1. The van der Waals surface area contributed by atoms with Crippen LogP contribution in [0.2, 0.25) is 0 Å². The van der Waals surface area contributed by atoms with Gasteiger partial charge in [0.1, 0.15) is 12.4 Å². The van der Waals surface area contributed by atoms with Gasteiger partial charge in [0.05, 0.1) is 6.61 Å². The van der Waals surface area contributed by atoms with Crippen LogP contribution in [0, 0.1) is 6.92 Å². The Kier molecular flexibility index (Phi) is 7.49. The fraction of sp³-hybridized carbons (Fsp3) is 0.429. The van der Waals surface area contributed by atoms with Gasteiger partial charge in [0.25, 0.3) is 0 Å². The Labute approximate surface area is 114 Å². The van der Waals surface area contributed by atoms with Gasteiger partial charge in [-0.2, -0.15) is 0 Å². The summed E-state index contributed by atoms with van der Waals surface area (Å²) < 4.78 is 10.6. The molecule has 0 aliphatic heterocycles. The van der Waals surface area contributed by atoms with Gasteiger partial charge in [0, 0.05) is 31.3 Å². The summed E-state index contributed by atoms with van der Waals surface area (Å²) in [6.07, 6.45) is 1.77. The largest absolute Gasteiger partial charge is 0.489 e. The molecule has 0 aromatic heterocycles. The monoisotopic (exact) mass is 269 g/mol. The Hall–Kier alpha value is -1.03. The van der Waals surface area contributed by atoms with Crippen LogP contribution in [-0.2, 0) is 11.3 Å². The first kappa shape index (κ1) is 15.0. The highest BCUT2D eigenvalue weighted by Gasteiger charge is 2.03. The molecule has 1 rings (SSSR count). The molecule has 0 atom stereocenters. The first-order valence-electron chi connectivity index (χ1n) is 5.95. The summed E-state index contributed by atoms with van der Waals surface area (Å²) in [5.74, 6) is 0.889. The second kappa shape index (κ2) is 8.97. The zero-order valence-electron chi connectivity index (χ0n) is 10.9. The van der Waals surface area contributed by atoms with Gasteiger partial charge in [0.2, 0.25) is 0 Å². The third-order valence-electron chi connectivity index (χ3n) is 2.44. The smallest absolute Gasteiger partial charge is 0.124 e. The van der Waals surface area contributed by atoms with Crippen LogP contribution >= 0.6 is 11.6 Å². The molecule has 1 aromatic rings. The molecule has 0 aliphatic carbocycles. The number of methoxy groups -OCH3 is 1. The van der Waals surface area contributed by atoms with Crippen molar-refractivity contribution in [2.24, 2.45) is 0 Å². The minimum Gasteiger partial charge on any atom is -0.489 e. The quantitative estimate of drug-likeness (QED) is 0.736. The van der Waals surface area contributed by atoms with Gasteiger partial charge in [-0.3, -0.25) is 0 Å². The van der Waals surface area contributed by atoms with E-state index >= 15 is 0 Å². The summed E-state index contributed by atoms with van der Waals surface area (Å²) >= 11 is 5.46. The predicted molar refractivity (Wildman–Crippen MR) is 75.2 cm³/mol. The lowest BCUT2D eigenvalue weighted by Gasteiger charge is -2.12. The normalized spacial score (nSPS) is 11.1. The van der Waals surface area contributed by atoms with E-state index in [4.69, 9.17) is 21.1 Å². The summed E-state index contributed by atoms with van der Waals surface area (Å²) in [4.78, 5) is 0. The van der Waals surface area contributed by atoms with Crippen molar-refractivity contribution in [2.75, 3.05) is 26.9 Å². The number of halogens is 1. The molecule has 0 saturated carbocycles. The Morgan fingerprint density at radius 3 is 2.94 bits per heavy atom. The maximum atomic E-state index is 5.65. The number of rotatable bonds is 8. The highest BCUT2D eigenvalue weighted by Crippen LogP contribution is 2.20. The zero-order chi connectivity index (χ0) is 13.2. The lowest BCUT2D eigenvalue weighted by Crippen LogP contribution is -2.19. The van der Waals surface area contributed by atoms with E-state index in [1.54, 1.807) is 13.2 Å². The van der Waals surface area contributed by atoms with Gasteiger partial charge >= 0.3 is 0 Å². The number of nitrogens with one attached hydrogen (secondary N) is 1. The number of ether oxygens (including phenoxy) is 2. The molecular formula is C14H20ClNO2. The topological polar surface area (TPSA) is 30.5 Å². The second-order valence-corrected chi connectivity index (χ2v) is 4.21. The number of benzene rings is 1. The minimum absolute atomic E-state index is 0.484. The first-order chi connectivity index (χ1) is 8.77. The van der Waals surface area contributed by atoms with Crippen LogP contribution in [0.15, 0.2) is 29.8 Å². The van der Waals surface area contributed by atoms with Crippen molar-refractivity contribution < 1.29 is 9.47 Å². The fourth-order valence-electron chi connectivity index (χ4n) is 1.56. The van der Waals surface area contributed by atoms with Crippen molar-refractivity contribution in [3.63, 3.8) is 0 Å². The molecule has 0 bridgehead atoms. The molecule has 100 valence electrons. The first-order valence-corrected chi connectivity index (χ1v) is 6.38. The summed E-state index contributed by atoms with van der Waals surface area (Å²) in [7, 11) is 1.70. The Balaban J connectivity index is 2.58. The van der Waals surface area contributed by atoms with Crippen LogP contribution in [0.4, 0.5) is 0 Å². The zero-order valence-corrected chi connectivity index (χ0v) is 11.7. The third kappa shape index (κ3) is 5.54. The van der Waals surface area contributed by atoms with Crippen LogP contribution in [0.3, 0.4) is 0 Å². The molecule has 0 spiro atoms. The van der Waals surface area contributed by atoms with Gasteiger partial charge in [-0.25, -0.2) is 0 Å². The van der Waals surface area contributed by atoms with E-state index in [9.17, 15) is 0 Å². The summed E-state index contributed by atoms with van der Waals surface area (Å²) in [5, 5.41) is 3.31. The Morgan fingerprint density at radius 1 is 1.39 bits per heavy atom. The van der Waals surface area contributed by atoms with Crippen molar-refractivity contribution in [3.8, 4) is 5.75 Å². The van der Waals surface area contributed by atoms with E-state index in [0.717, 1.165) is 24.4 Å². The van der Waals surface area contributed by atoms with Crippen LogP contribution in [-0.4, -0.2) is 26.9 Å². The van der Waals surface area contributed by atoms with Gasteiger partial charge < -0.3 is 14.8 Å². The predicted octanol–water partition coefficient (Wildman–Crippen LogP) is 2.86.